The van der Waals surface area contributed by atoms with Crippen molar-refractivity contribution in [1.29, 1.82) is 0 Å². The Bertz CT molecular complexity index is 1210. The fourth-order valence-corrected chi connectivity index (χ4v) is 3.23. The molecule has 0 fully saturated rings. The van der Waals surface area contributed by atoms with Gasteiger partial charge in [-0.3, -0.25) is 19.7 Å². The molecule has 0 saturated carbocycles. The van der Waals surface area contributed by atoms with Gasteiger partial charge in [-0.1, -0.05) is 30.3 Å². The van der Waals surface area contributed by atoms with Gasteiger partial charge in [0.25, 0.3) is 5.91 Å². The van der Waals surface area contributed by atoms with Crippen LogP contribution < -0.4 is 10.6 Å². The van der Waals surface area contributed by atoms with E-state index in [2.05, 4.69) is 30.8 Å². The van der Waals surface area contributed by atoms with Gasteiger partial charge in [0.2, 0.25) is 5.91 Å². The predicted molar refractivity (Wildman–Crippen MR) is 121 cm³/mol. The van der Waals surface area contributed by atoms with Gasteiger partial charge in [-0.15, -0.1) is 0 Å². The van der Waals surface area contributed by atoms with Crippen molar-refractivity contribution in [3.8, 4) is 17.1 Å². The van der Waals surface area contributed by atoms with Crippen molar-refractivity contribution >= 4 is 11.8 Å². The summed E-state index contributed by atoms with van der Waals surface area (Å²) >= 11 is 0. The summed E-state index contributed by atoms with van der Waals surface area (Å²) in [5.74, 6) is 0.481. The fourth-order valence-electron chi connectivity index (χ4n) is 3.23. The number of hydrogen-bond acceptors (Lipinski definition) is 6. The molecule has 0 saturated heterocycles. The lowest BCUT2D eigenvalue weighted by atomic mass is 10.0. The van der Waals surface area contributed by atoms with E-state index in [0.29, 0.717) is 17.2 Å². The molecule has 0 spiro atoms. The SMILES string of the molecule is O=C(CC(NC(=O)c1ccc(O)cc1)c1ccccc1)NCc1nc(-c2cccnc2)n[nH]1. The Kier molecular flexibility index (Phi) is 6.70. The first-order chi connectivity index (χ1) is 16.1. The third-order valence-electron chi connectivity index (χ3n) is 4.93. The molecule has 1 atom stereocenters. The maximum absolute atomic E-state index is 12.7. The monoisotopic (exact) mass is 442 g/mol. The number of H-pyrrole nitrogens is 1. The number of carbonyl (C=O) groups is 2. The Labute approximate surface area is 189 Å². The zero-order valence-corrected chi connectivity index (χ0v) is 17.6. The van der Waals surface area contributed by atoms with Crippen molar-refractivity contribution < 1.29 is 14.7 Å². The van der Waals surface area contributed by atoms with Gasteiger partial charge in [-0.2, -0.15) is 5.10 Å². The molecule has 33 heavy (non-hydrogen) atoms. The summed E-state index contributed by atoms with van der Waals surface area (Å²) < 4.78 is 0. The molecule has 4 N–H and O–H groups in total. The number of amides is 2. The summed E-state index contributed by atoms with van der Waals surface area (Å²) in [5, 5.41) is 22.1. The molecule has 0 bridgehead atoms. The largest absolute Gasteiger partial charge is 0.508 e. The molecule has 1 unspecified atom stereocenters. The van der Waals surface area contributed by atoms with E-state index < -0.39 is 6.04 Å². The van der Waals surface area contributed by atoms with Gasteiger partial charge in [0.05, 0.1) is 19.0 Å². The van der Waals surface area contributed by atoms with Crippen LogP contribution in [0, 0.1) is 0 Å². The van der Waals surface area contributed by atoms with Crippen molar-refractivity contribution in [3.63, 3.8) is 0 Å². The number of rotatable bonds is 8. The van der Waals surface area contributed by atoms with E-state index in [9.17, 15) is 14.7 Å². The number of carbonyl (C=O) groups excluding carboxylic acids is 2. The molecule has 9 heteroatoms. The Morgan fingerprint density at radius 1 is 1.00 bits per heavy atom. The lowest BCUT2D eigenvalue weighted by Gasteiger charge is -2.19. The van der Waals surface area contributed by atoms with Crippen LogP contribution in [0.1, 0.15) is 34.2 Å². The topological polar surface area (TPSA) is 133 Å². The number of nitrogens with zero attached hydrogens (tertiary/aromatic N) is 3. The van der Waals surface area contributed by atoms with Gasteiger partial charge < -0.3 is 15.7 Å². The molecular weight excluding hydrogens is 420 g/mol. The second kappa shape index (κ2) is 10.2. The summed E-state index contributed by atoms with van der Waals surface area (Å²) in [6, 6.07) is 18.3. The zero-order valence-electron chi connectivity index (χ0n) is 17.6. The van der Waals surface area contributed by atoms with Gasteiger partial charge in [0.1, 0.15) is 11.6 Å². The van der Waals surface area contributed by atoms with Gasteiger partial charge in [0.15, 0.2) is 5.82 Å². The first-order valence-electron chi connectivity index (χ1n) is 10.3. The Hall–Kier alpha value is -4.53. The van der Waals surface area contributed by atoms with Gasteiger partial charge in [-0.25, -0.2) is 4.98 Å². The predicted octanol–water partition coefficient (Wildman–Crippen LogP) is 2.75. The number of aromatic amines is 1. The number of phenols is 1. The molecule has 0 aliphatic carbocycles. The van der Waals surface area contributed by atoms with Crippen LogP contribution in [0.5, 0.6) is 5.75 Å². The van der Waals surface area contributed by atoms with E-state index in [0.717, 1.165) is 11.1 Å². The van der Waals surface area contributed by atoms with Gasteiger partial charge >= 0.3 is 0 Å². The fraction of sp³-hybridized carbons (Fsp3) is 0.125. The van der Waals surface area contributed by atoms with E-state index in [-0.39, 0.29) is 30.5 Å². The van der Waals surface area contributed by atoms with Crippen LogP contribution in [0.2, 0.25) is 0 Å². The molecule has 2 aromatic carbocycles. The highest BCUT2D eigenvalue weighted by molar-refractivity contribution is 5.95. The number of pyridine rings is 1. The summed E-state index contributed by atoms with van der Waals surface area (Å²) in [6.45, 7) is 0.166. The Morgan fingerprint density at radius 2 is 1.79 bits per heavy atom. The number of phenolic OH excluding ortho intramolecular Hbond substituents is 1. The molecule has 0 aliphatic rings. The van der Waals surface area contributed by atoms with Crippen LogP contribution in [-0.2, 0) is 11.3 Å². The maximum Gasteiger partial charge on any atom is 0.251 e. The lowest BCUT2D eigenvalue weighted by molar-refractivity contribution is -0.121. The standard InChI is InChI=1S/C24H22N6O3/c31-19-10-8-17(9-11-19)24(33)27-20(16-5-2-1-3-6-16)13-22(32)26-15-21-28-23(30-29-21)18-7-4-12-25-14-18/h1-12,14,20,31H,13,15H2,(H,26,32)(H,27,33)(H,28,29,30). The summed E-state index contributed by atoms with van der Waals surface area (Å²) in [4.78, 5) is 33.8. The molecule has 166 valence electrons. The van der Waals surface area contributed by atoms with Crippen molar-refractivity contribution in [2.45, 2.75) is 19.0 Å². The van der Waals surface area contributed by atoms with Crippen LogP contribution in [0.25, 0.3) is 11.4 Å². The molecule has 2 heterocycles. The quantitative estimate of drug-likeness (QED) is 0.332. The van der Waals surface area contributed by atoms with Crippen LogP contribution in [0.15, 0.2) is 79.1 Å². The van der Waals surface area contributed by atoms with E-state index in [1.54, 1.807) is 18.5 Å². The smallest absolute Gasteiger partial charge is 0.251 e. The second-order valence-electron chi connectivity index (χ2n) is 7.31. The number of aromatic hydroxyl groups is 1. The minimum Gasteiger partial charge on any atom is -0.508 e. The Balaban J connectivity index is 1.39. The first kappa shape index (κ1) is 21.7. The average molecular weight is 442 g/mol. The highest BCUT2D eigenvalue weighted by Crippen LogP contribution is 2.18. The number of aromatic nitrogens is 4. The van der Waals surface area contributed by atoms with Gasteiger partial charge in [0, 0.05) is 23.5 Å². The minimum atomic E-state index is -0.534. The summed E-state index contributed by atoms with van der Waals surface area (Å²) in [6.07, 6.45) is 3.37. The summed E-state index contributed by atoms with van der Waals surface area (Å²) in [7, 11) is 0. The molecule has 4 aromatic rings. The lowest BCUT2D eigenvalue weighted by Crippen LogP contribution is -2.33. The van der Waals surface area contributed by atoms with Crippen LogP contribution >= 0.6 is 0 Å². The molecule has 4 rings (SSSR count). The molecule has 9 nitrogen and oxygen atoms in total. The third-order valence-corrected chi connectivity index (χ3v) is 4.93. The van der Waals surface area contributed by atoms with Crippen molar-refractivity contribution in [3.05, 3.63) is 96.1 Å². The summed E-state index contributed by atoms with van der Waals surface area (Å²) in [5.41, 5.74) is 1.96. The second-order valence-corrected chi connectivity index (χ2v) is 7.31. The van der Waals surface area contributed by atoms with Crippen molar-refractivity contribution in [2.24, 2.45) is 0 Å². The highest BCUT2D eigenvalue weighted by atomic mass is 16.3. The molecule has 2 amide bonds. The Morgan fingerprint density at radius 3 is 2.52 bits per heavy atom. The number of hydrogen-bond donors (Lipinski definition) is 4. The van der Waals surface area contributed by atoms with E-state index in [1.165, 1.54) is 24.3 Å². The number of benzene rings is 2. The van der Waals surface area contributed by atoms with Crippen LogP contribution in [0.4, 0.5) is 0 Å². The van der Waals surface area contributed by atoms with Crippen molar-refractivity contribution in [2.75, 3.05) is 0 Å². The molecule has 0 aliphatic heterocycles. The number of nitrogens with one attached hydrogen (secondary N) is 3. The van der Waals surface area contributed by atoms with E-state index in [1.807, 2.05) is 36.4 Å². The van der Waals surface area contributed by atoms with Gasteiger partial charge in [-0.05, 0) is 42.0 Å². The van der Waals surface area contributed by atoms with Crippen molar-refractivity contribution in [1.82, 2.24) is 30.8 Å². The molecular formula is C24H22N6O3. The average Bonchev–Trinajstić information content (AvgIpc) is 3.33. The minimum absolute atomic E-state index is 0.0391. The first-order valence-corrected chi connectivity index (χ1v) is 10.3. The van der Waals surface area contributed by atoms with E-state index in [4.69, 9.17) is 0 Å². The van der Waals surface area contributed by atoms with Crippen LogP contribution in [0.3, 0.4) is 0 Å². The molecule has 0 radical (unpaired) electrons. The highest BCUT2D eigenvalue weighted by Gasteiger charge is 2.19. The normalized spacial score (nSPS) is 11.5. The molecule has 2 aromatic heterocycles. The third kappa shape index (κ3) is 5.79. The van der Waals surface area contributed by atoms with E-state index >= 15 is 0 Å². The maximum atomic E-state index is 12.7. The zero-order chi connectivity index (χ0) is 23.0. The van der Waals surface area contributed by atoms with Crippen LogP contribution in [-0.4, -0.2) is 37.1 Å².